The van der Waals surface area contributed by atoms with E-state index < -0.39 is 6.10 Å². The van der Waals surface area contributed by atoms with Crippen LogP contribution in [-0.2, 0) is 7.05 Å². The summed E-state index contributed by atoms with van der Waals surface area (Å²) in [6.07, 6.45) is 0.907. The smallest absolute Gasteiger partial charge is 0.124 e. The minimum Gasteiger partial charge on any atom is -0.382 e. The lowest BCUT2D eigenvalue weighted by Crippen LogP contribution is -2.02. The summed E-state index contributed by atoms with van der Waals surface area (Å²) < 4.78 is 1.62. The summed E-state index contributed by atoms with van der Waals surface area (Å²) in [5.41, 5.74) is 1.11. The van der Waals surface area contributed by atoms with Crippen LogP contribution < -0.4 is 0 Å². The Kier molecular flexibility index (Phi) is 3.19. The van der Waals surface area contributed by atoms with Crippen molar-refractivity contribution in [1.82, 2.24) is 9.78 Å². The fourth-order valence-corrected chi connectivity index (χ4v) is 1.86. The number of aliphatic hydroxyl groups is 1. The van der Waals surface area contributed by atoms with Crippen LogP contribution in [0.2, 0.25) is 10.0 Å². The molecule has 5 heteroatoms. The molecule has 0 aliphatic rings. The molecule has 1 unspecified atom stereocenters. The van der Waals surface area contributed by atoms with Gasteiger partial charge in [0.2, 0.25) is 0 Å². The van der Waals surface area contributed by atoms with Crippen LogP contribution in [0.3, 0.4) is 0 Å². The molecule has 2 rings (SSSR count). The van der Waals surface area contributed by atoms with Gasteiger partial charge in [0.15, 0.2) is 0 Å². The molecule has 0 saturated heterocycles. The summed E-state index contributed by atoms with van der Waals surface area (Å²) in [5, 5.41) is 15.2. The van der Waals surface area contributed by atoms with E-state index in [0.29, 0.717) is 21.3 Å². The van der Waals surface area contributed by atoms with Gasteiger partial charge in [0.05, 0.1) is 5.69 Å². The molecule has 0 spiro atoms. The molecule has 84 valence electrons. The second kappa shape index (κ2) is 4.45. The first-order valence-corrected chi connectivity index (χ1v) is 5.46. The third-order valence-electron chi connectivity index (χ3n) is 2.27. The summed E-state index contributed by atoms with van der Waals surface area (Å²) in [5.74, 6) is 0. The van der Waals surface area contributed by atoms with Crippen molar-refractivity contribution >= 4 is 23.2 Å². The largest absolute Gasteiger partial charge is 0.382 e. The SMILES string of the molecule is Cn1ccc(C(O)c2cc(Cl)ccc2Cl)n1. The van der Waals surface area contributed by atoms with E-state index in [1.54, 1.807) is 42.2 Å². The van der Waals surface area contributed by atoms with Gasteiger partial charge >= 0.3 is 0 Å². The summed E-state index contributed by atoms with van der Waals surface area (Å²) >= 11 is 11.9. The number of nitrogens with zero attached hydrogens (tertiary/aromatic N) is 2. The maximum absolute atomic E-state index is 10.1. The number of benzene rings is 1. The Hall–Kier alpha value is -1.03. The molecule has 1 N–H and O–H groups in total. The second-order valence-electron chi connectivity index (χ2n) is 3.48. The van der Waals surface area contributed by atoms with Crippen molar-refractivity contribution in [2.24, 2.45) is 7.05 Å². The second-order valence-corrected chi connectivity index (χ2v) is 4.33. The van der Waals surface area contributed by atoms with Crippen molar-refractivity contribution in [3.05, 3.63) is 51.8 Å². The van der Waals surface area contributed by atoms with E-state index in [1.807, 2.05) is 0 Å². The Morgan fingerprint density at radius 2 is 2.06 bits per heavy atom. The van der Waals surface area contributed by atoms with Gasteiger partial charge in [0, 0.05) is 28.9 Å². The first-order chi connectivity index (χ1) is 7.58. The maximum atomic E-state index is 10.1. The average molecular weight is 257 g/mol. The molecule has 16 heavy (non-hydrogen) atoms. The van der Waals surface area contributed by atoms with Crippen molar-refractivity contribution in [3.8, 4) is 0 Å². The predicted octanol–water partition coefficient (Wildman–Crippen LogP) is 2.81. The van der Waals surface area contributed by atoms with Crippen LogP contribution in [0.1, 0.15) is 17.4 Å². The molecule has 1 heterocycles. The van der Waals surface area contributed by atoms with Gasteiger partial charge in [-0.05, 0) is 24.3 Å². The zero-order chi connectivity index (χ0) is 11.7. The Morgan fingerprint density at radius 1 is 1.31 bits per heavy atom. The standard InChI is InChI=1S/C11H10Cl2N2O/c1-15-5-4-10(14-15)11(16)8-6-7(12)2-3-9(8)13/h2-6,11,16H,1H3. The Morgan fingerprint density at radius 3 is 2.69 bits per heavy atom. The number of halogens is 2. The van der Waals surface area contributed by atoms with Crippen molar-refractivity contribution < 1.29 is 5.11 Å². The van der Waals surface area contributed by atoms with E-state index in [4.69, 9.17) is 23.2 Å². The predicted molar refractivity (Wildman–Crippen MR) is 63.7 cm³/mol. The molecule has 0 radical (unpaired) electrons. The minimum absolute atomic E-state index is 0.475. The van der Waals surface area contributed by atoms with Crippen LogP contribution in [0.5, 0.6) is 0 Å². The zero-order valence-electron chi connectivity index (χ0n) is 8.56. The lowest BCUT2D eigenvalue weighted by atomic mass is 10.1. The molecule has 2 aromatic rings. The highest BCUT2D eigenvalue weighted by atomic mass is 35.5. The Labute approximate surface area is 103 Å². The van der Waals surface area contributed by atoms with Gasteiger partial charge in [-0.25, -0.2) is 0 Å². The van der Waals surface area contributed by atoms with E-state index in [1.165, 1.54) is 0 Å². The van der Waals surface area contributed by atoms with Gasteiger partial charge < -0.3 is 5.11 Å². The van der Waals surface area contributed by atoms with Crippen LogP contribution in [0.4, 0.5) is 0 Å². The number of hydrogen-bond acceptors (Lipinski definition) is 2. The first-order valence-electron chi connectivity index (χ1n) is 4.70. The molecule has 1 atom stereocenters. The van der Waals surface area contributed by atoms with Gasteiger partial charge in [0.1, 0.15) is 6.10 Å². The third kappa shape index (κ3) is 2.21. The highest BCUT2D eigenvalue weighted by molar-refractivity contribution is 6.33. The topological polar surface area (TPSA) is 38.0 Å². The number of aryl methyl sites for hydroxylation is 1. The summed E-state index contributed by atoms with van der Waals surface area (Å²) in [6.45, 7) is 0. The molecule has 3 nitrogen and oxygen atoms in total. The highest BCUT2D eigenvalue weighted by Gasteiger charge is 2.16. The lowest BCUT2D eigenvalue weighted by molar-refractivity contribution is 0.214. The fraction of sp³-hybridized carbons (Fsp3) is 0.182. The molecular formula is C11H10Cl2N2O. The van der Waals surface area contributed by atoms with Gasteiger partial charge in [-0.15, -0.1) is 0 Å². The number of aromatic nitrogens is 2. The van der Waals surface area contributed by atoms with Crippen LogP contribution in [-0.4, -0.2) is 14.9 Å². The minimum atomic E-state index is -0.854. The van der Waals surface area contributed by atoms with E-state index in [9.17, 15) is 5.11 Å². The van der Waals surface area contributed by atoms with Gasteiger partial charge in [-0.2, -0.15) is 5.10 Å². The molecule has 1 aromatic heterocycles. The van der Waals surface area contributed by atoms with Crippen molar-refractivity contribution in [2.75, 3.05) is 0 Å². The fourth-order valence-electron chi connectivity index (χ4n) is 1.46. The highest BCUT2D eigenvalue weighted by Crippen LogP contribution is 2.29. The average Bonchev–Trinajstić information content (AvgIpc) is 2.67. The van der Waals surface area contributed by atoms with Crippen molar-refractivity contribution in [1.29, 1.82) is 0 Å². The summed E-state index contributed by atoms with van der Waals surface area (Å²) in [7, 11) is 1.79. The monoisotopic (exact) mass is 256 g/mol. The maximum Gasteiger partial charge on any atom is 0.124 e. The zero-order valence-corrected chi connectivity index (χ0v) is 10.1. The van der Waals surface area contributed by atoms with E-state index in [-0.39, 0.29) is 0 Å². The van der Waals surface area contributed by atoms with Crippen LogP contribution in [0, 0.1) is 0 Å². The van der Waals surface area contributed by atoms with Crippen molar-refractivity contribution in [2.45, 2.75) is 6.10 Å². The van der Waals surface area contributed by atoms with Crippen LogP contribution >= 0.6 is 23.2 Å². The van der Waals surface area contributed by atoms with E-state index in [2.05, 4.69) is 5.10 Å². The molecule has 1 aromatic carbocycles. The van der Waals surface area contributed by atoms with Gasteiger partial charge in [0.25, 0.3) is 0 Å². The molecule has 0 amide bonds. The summed E-state index contributed by atoms with van der Waals surface area (Å²) in [4.78, 5) is 0. The van der Waals surface area contributed by atoms with E-state index >= 15 is 0 Å². The van der Waals surface area contributed by atoms with Gasteiger partial charge in [-0.3, -0.25) is 4.68 Å². The molecular weight excluding hydrogens is 247 g/mol. The Balaban J connectivity index is 2.40. The quantitative estimate of drug-likeness (QED) is 0.898. The van der Waals surface area contributed by atoms with Crippen LogP contribution in [0.25, 0.3) is 0 Å². The number of rotatable bonds is 2. The number of hydrogen-bond donors (Lipinski definition) is 1. The normalized spacial score (nSPS) is 12.8. The lowest BCUT2D eigenvalue weighted by Gasteiger charge is -2.10. The third-order valence-corrected chi connectivity index (χ3v) is 2.85. The van der Waals surface area contributed by atoms with Crippen LogP contribution in [0.15, 0.2) is 30.5 Å². The molecule has 0 bridgehead atoms. The molecule has 0 aliphatic heterocycles. The van der Waals surface area contributed by atoms with Gasteiger partial charge in [-0.1, -0.05) is 23.2 Å². The number of aliphatic hydroxyl groups excluding tert-OH is 1. The first kappa shape index (κ1) is 11.5. The Bertz CT molecular complexity index is 510. The molecule has 0 fully saturated rings. The van der Waals surface area contributed by atoms with Crippen molar-refractivity contribution in [3.63, 3.8) is 0 Å². The molecule has 0 saturated carbocycles. The molecule has 0 aliphatic carbocycles. The summed E-state index contributed by atoms with van der Waals surface area (Å²) in [6, 6.07) is 6.72. The van der Waals surface area contributed by atoms with E-state index in [0.717, 1.165) is 0 Å².